The summed E-state index contributed by atoms with van der Waals surface area (Å²) < 4.78 is 9.55. The molecule has 0 aliphatic carbocycles. The number of fused-ring (bicyclic) bond motifs is 1. The van der Waals surface area contributed by atoms with Crippen LogP contribution in [0.3, 0.4) is 0 Å². The highest BCUT2D eigenvalue weighted by atomic mass is 16.5. The molecule has 1 aliphatic rings. The second-order valence-electron chi connectivity index (χ2n) is 7.47. The summed E-state index contributed by atoms with van der Waals surface area (Å²) in [4.78, 5) is 4.39. The smallest absolute Gasteiger partial charge is 0.224 e. The van der Waals surface area contributed by atoms with Crippen molar-refractivity contribution in [1.82, 2.24) is 19.3 Å². The molecule has 4 rings (SSSR count). The first-order chi connectivity index (χ1) is 14.0. The van der Waals surface area contributed by atoms with Crippen LogP contribution < -0.4 is 10.5 Å². The highest BCUT2D eigenvalue weighted by Gasteiger charge is 2.36. The second kappa shape index (κ2) is 7.13. The van der Waals surface area contributed by atoms with Crippen LogP contribution in [0.5, 0.6) is 5.88 Å². The van der Waals surface area contributed by atoms with Crippen molar-refractivity contribution < 1.29 is 4.74 Å². The monoisotopic (exact) mass is 388 g/mol. The van der Waals surface area contributed by atoms with E-state index in [1.807, 2.05) is 37.5 Å². The summed E-state index contributed by atoms with van der Waals surface area (Å²) in [6.07, 6.45) is 4.61. The molecule has 7 nitrogen and oxygen atoms in total. The molecule has 0 bridgehead atoms. The van der Waals surface area contributed by atoms with Crippen molar-refractivity contribution in [1.29, 1.82) is 5.26 Å². The zero-order valence-corrected chi connectivity index (χ0v) is 17.0. The van der Waals surface area contributed by atoms with Gasteiger partial charge in [-0.15, -0.1) is 0 Å². The number of rotatable bonds is 4. The minimum atomic E-state index is -0.308. The van der Waals surface area contributed by atoms with Gasteiger partial charge in [0.1, 0.15) is 17.5 Å². The molecule has 3 heterocycles. The van der Waals surface area contributed by atoms with Crippen LogP contribution in [0.2, 0.25) is 0 Å². The lowest BCUT2D eigenvalue weighted by molar-refractivity contribution is 0.358. The Morgan fingerprint density at radius 1 is 1.28 bits per heavy atom. The maximum absolute atomic E-state index is 9.82. The van der Waals surface area contributed by atoms with E-state index in [4.69, 9.17) is 10.5 Å². The standard InChI is InChI=1S/C22H24N6O/c1-5-17-25-10-11-28(17)15-8-6-14(7-9-15)18-16(12-23)21(24)29-22-19(18)20(13(2)3)26-27(22)4/h6-11,13,18H,5,24H2,1-4H3. The molecule has 1 atom stereocenters. The van der Waals surface area contributed by atoms with Crippen molar-refractivity contribution in [3.05, 3.63) is 70.8 Å². The van der Waals surface area contributed by atoms with Crippen LogP contribution in [0.4, 0.5) is 0 Å². The molecule has 0 saturated heterocycles. The summed E-state index contributed by atoms with van der Waals surface area (Å²) in [7, 11) is 1.83. The van der Waals surface area contributed by atoms with Crippen LogP contribution in [0.25, 0.3) is 5.69 Å². The van der Waals surface area contributed by atoms with Gasteiger partial charge in [0.2, 0.25) is 11.8 Å². The Bertz CT molecular complexity index is 1130. The Balaban J connectivity index is 1.85. The molecule has 0 radical (unpaired) electrons. The second-order valence-corrected chi connectivity index (χ2v) is 7.47. The van der Waals surface area contributed by atoms with E-state index in [2.05, 4.69) is 41.5 Å². The molecule has 2 aromatic heterocycles. The van der Waals surface area contributed by atoms with E-state index in [-0.39, 0.29) is 17.7 Å². The van der Waals surface area contributed by atoms with E-state index >= 15 is 0 Å². The predicted octanol–water partition coefficient (Wildman–Crippen LogP) is 3.51. The first-order valence-corrected chi connectivity index (χ1v) is 9.73. The third-order valence-electron chi connectivity index (χ3n) is 5.31. The maximum atomic E-state index is 9.82. The quantitative estimate of drug-likeness (QED) is 0.738. The fourth-order valence-corrected chi connectivity index (χ4v) is 3.92. The van der Waals surface area contributed by atoms with Crippen LogP contribution in [0, 0.1) is 11.3 Å². The molecule has 2 N–H and O–H groups in total. The van der Waals surface area contributed by atoms with Crippen molar-refractivity contribution in [2.45, 2.75) is 39.0 Å². The Morgan fingerprint density at radius 3 is 2.62 bits per heavy atom. The van der Waals surface area contributed by atoms with Crippen molar-refractivity contribution >= 4 is 0 Å². The van der Waals surface area contributed by atoms with E-state index in [1.165, 1.54) is 0 Å². The lowest BCUT2D eigenvalue weighted by Gasteiger charge is -2.25. The van der Waals surface area contributed by atoms with E-state index in [0.717, 1.165) is 34.8 Å². The van der Waals surface area contributed by atoms with Crippen LogP contribution in [0.1, 0.15) is 55.3 Å². The number of aromatic nitrogens is 4. The van der Waals surface area contributed by atoms with Gasteiger partial charge in [0.25, 0.3) is 0 Å². The van der Waals surface area contributed by atoms with Gasteiger partial charge in [-0.2, -0.15) is 10.4 Å². The molecule has 7 heteroatoms. The van der Waals surface area contributed by atoms with Crippen molar-refractivity contribution in [2.75, 3.05) is 0 Å². The highest BCUT2D eigenvalue weighted by Crippen LogP contribution is 2.45. The van der Waals surface area contributed by atoms with Crippen LogP contribution in [-0.2, 0) is 13.5 Å². The highest BCUT2D eigenvalue weighted by molar-refractivity contribution is 5.56. The number of nitrogens with two attached hydrogens (primary N) is 1. The maximum Gasteiger partial charge on any atom is 0.224 e. The molecular weight excluding hydrogens is 364 g/mol. The van der Waals surface area contributed by atoms with Gasteiger partial charge >= 0.3 is 0 Å². The number of nitriles is 1. The number of hydrogen-bond donors (Lipinski definition) is 1. The molecular formula is C22H24N6O. The average molecular weight is 388 g/mol. The zero-order valence-electron chi connectivity index (χ0n) is 17.0. The van der Waals surface area contributed by atoms with Gasteiger partial charge in [0, 0.05) is 31.5 Å². The minimum absolute atomic E-state index is 0.135. The van der Waals surface area contributed by atoms with Gasteiger partial charge in [-0.05, 0) is 23.6 Å². The van der Waals surface area contributed by atoms with Crippen LogP contribution in [0.15, 0.2) is 48.1 Å². The lowest BCUT2D eigenvalue weighted by Crippen LogP contribution is -2.22. The summed E-state index contributed by atoms with van der Waals surface area (Å²) in [5.74, 6) is 1.62. The first-order valence-electron chi connectivity index (χ1n) is 9.73. The predicted molar refractivity (Wildman–Crippen MR) is 110 cm³/mol. The van der Waals surface area contributed by atoms with Gasteiger partial charge in [-0.3, -0.25) is 0 Å². The summed E-state index contributed by atoms with van der Waals surface area (Å²) in [5.41, 5.74) is 10.4. The normalized spacial score (nSPS) is 15.9. The Labute approximate surface area is 170 Å². The molecule has 0 amide bonds. The lowest BCUT2D eigenvalue weighted by atomic mass is 9.82. The molecule has 0 fully saturated rings. The van der Waals surface area contributed by atoms with Gasteiger partial charge in [0.15, 0.2) is 0 Å². The molecule has 3 aromatic rings. The Morgan fingerprint density at radius 2 is 2.00 bits per heavy atom. The Hall–Kier alpha value is -3.53. The van der Waals surface area contributed by atoms with Gasteiger partial charge in [-0.25, -0.2) is 9.67 Å². The SMILES string of the molecule is CCc1nccn1-c1ccc(C2C(C#N)=C(N)Oc3c2c(C(C)C)nn3C)cc1. The first kappa shape index (κ1) is 18.8. The topological polar surface area (TPSA) is 94.7 Å². The molecule has 1 aromatic carbocycles. The molecule has 29 heavy (non-hydrogen) atoms. The van der Waals surface area contributed by atoms with E-state index in [9.17, 15) is 5.26 Å². The van der Waals surface area contributed by atoms with Crippen LogP contribution in [-0.4, -0.2) is 19.3 Å². The molecule has 1 unspecified atom stereocenters. The third kappa shape index (κ3) is 2.97. The van der Waals surface area contributed by atoms with Crippen molar-refractivity contribution in [3.63, 3.8) is 0 Å². The van der Waals surface area contributed by atoms with Crippen LogP contribution >= 0.6 is 0 Å². The van der Waals surface area contributed by atoms with Crippen molar-refractivity contribution in [2.24, 2.45) is 12.8 Å². The molecule has 0 spiro atoms. The van der Waals surface area contributed by atoms with E-state index < -0.39 is 0 Å². The number of benzene rings is 1. The third-order valence-corrected chi connectivity index (χ3v) is 5.31. The summed E-state index contributed by atoms with van der Waals surface area (Å²) in [6, 6.07) is 10.4. The largest absolute Gasteiger partial charge is 0.422 e. The fraction of sp³-hybridized carbons (Fsp3) is 0.318. The molecule has 1 aliphatic heterocycles. The van der Waals surface area contributed by atoms with Gasteiger partial charge in [0.05, 0.1) is 17.2 Å². The van der Waals surface area contributed by atoms with Gasteiger partial charge in [-0.1, -0.05) is 32.9 Å². The summed E-state index contributed by atoms with van der Waals surface area (Å²) in [5, 5.41) is 14.5. The zero-order chi connectivity index (χ0) is 20.7. The van der Waals surface area contributed by atoms with Gasteiger partial charge < -0.3 is 15.0 Å². The fourth-order valence-electron chi connectivity index (χ4n) is 3.92. The van der Waals surface area contributed by atoms with Crippen molar-refractivity contribution in [3.8, 4) is 17.6 Å². The number of ether oxygens (including phenoxy) is 1. The Kier molecular flexibility index (Phi) is 4.63. The number of aryl methyl sites for hydroxylation is 2. The van der Waals surface area contributed by atoms with E-state index in [0.29, 0.717) is 11.5 Å². The average Bonchev–Trinajstić information content (AvgIpc) is 3.32. The minimum Gasteiger partial charge on any atom is -0.422 e. The number of hydrogen-bond acceptors (Lipinski definition) is 5. The number of nitrogens with zero attached hydrogens (tertiary/aromatic N) is 5. The number of imidazole rings is 1. The summed E-state index contributed by atoms with van der Waals surface area (Å²) >= 11 is 0. The summed E-state index contributed by atoms with van der Waals surface area (Å²) in [6.45, 7) is 6.25. The van der Waals surface area contributed by atoms with E-state index in [1.54, 1.807) is 10.9 Å². The molecule has 148 valence electrons. The number of allylic oxidation sites excluding steroid dienone is 1. The molecule has 0 saturated carbocycles.